The molecule has 4 unspecified atom stereocenters. The van der Waals surface area contributed by atoms with Crippen molar-refractivity contribution in [3.05, 3.63) is 157 Å². The van der Waals surface area contributed by atoms with Crippen LogP contribution in [0.2, 0.25) is 0 Å². The third-order valence-corrected chi connectivity index (χ3v) is 8.50. The van der Waals surface area contributed by atoms with Gasteiger partial charge in [-0.05, 0) is 58.7 Å². The molecular weight excluding hydrogens is 460 g/mol. The molecule has 4 aromatic rings. The molecule has 0 saturated heterocycles. The second-order valence-corrected chi connectivity index (χ2v) is 10.5. The van der Waals surface area contributed by atoms with Crippen LogP contribution in [0.3, 0.4) is 0 Å². The molecule has 2 heteroatoms. The molecule has 2 nitrogen and oxygen atoms in total. The molecule has 2 heterocycles. The van der Waals surface area contributed by atoms with Crippen LogP contribution in [-0.2, 0) is 0 Å². The van der Waals surface area contributed by atoms with E-state index in [9.17, 15) is 0 Å². The van der Waals surface area contributed by atoms with Crippen molar-refractivity contribution in [2.75, 3.05) is 9.80 Å². The molecule has 4 aliphatic rings. The lowest BCUT2D eigenvalue weighted by atomic mass is 9.91. The molecule has 0 aromatic heterocycles. The fraction of sp³-hybridized carbons (Fsp3) is 0.111. The Morgan fingerprint density at radius 1 is 0.421 bits per heavy atom. The molecule has 4 aromatic carbocycles. The molecule has 0 fully saturated rings. The standard InChI is InChI=1S/C36H28N2/c1-5-19-33-29(15-1)30-16-2-6-20-34(30)37(33)27-13-9-11-25(23-27)26-12-10-14-28(24-26)38-35-21-7-3-17-31(35)32-18-4-8-22-36(32)38/h1-24,29,31,33,35H. The summed E-state index contributed by atoms with van der Waals surface area (Å²) in [6.45, 7) is 0. The van der Waals surface area contributed by atoms with Gasteiger partial charge in [0.2, 0.25) is 0 Å². The summed E-state index contributed by atoms with van der Waals surface area (Å²) in [5, 5.41) is 0. The first kappa shape index (κ1) is 21.5. The fourth-order valence-electron chi connectivity index (χ4n) is 6.85. The molecule has 182 valence electrons. The first-order valence-corrected chi connectivity index (χ1v) is 13.5. The lowest BCUT2D eigenvalue weighted by Crippen LogP contribution is -2.28. The first-order valence-electron chi connectivity index (χ1n) is 13.5. The summed E-state index contributed by atoms with van der Waals surface area (Å²) < 4.78 is 0. The van der Waals surface area contributed by atoms with E-state index in [4.69, 9.17) is 0 Å². The number of para-hydroxylation sites is 2. The van der Waals surface area contributed by atoms with Gasteiger partial charge >= 0.3 is 0 Å². The number of hydrogen-bond acceptors (Lipinski definition) is 2. The maximum absolute atomic E-state index is 2.51. The van der Waals surface area contributed by atoms with Crippen molar-refractivity contribution >= 4 is 22.7 Å². The van der Waals surface area contributed by atoms with Crippen molar-refractivity contribution in [3.8, 4) is 11.1 Å². The Morgan fingerprint density at radius 2 is 0.868 bits per heavy atom. The van der Waals surface area contributed by atoms with Gasteiger partial charge in [-0.15, -0.1) is 0 Å². The molecule has 0 amide bonds. The van der Waals surface area contributed by atoms with Gasteiger partial charge < -0.3 is 9.80 Å². The minimum atomic E-state index is 0.308. The zero-order valence-corrected chi connectivity index (χ0v) is 21.1. The van der Waals surface area contributed by atoms with E-state index in [1.807, 2.05) is 0 Å². The summed E-state index contributed by atoms with van der Waals surface area (Å²) in [5.74, 6) is 0.785. The van der Waals surface area contributed by atoms with Crippen LogP contribution in [-0.4, -0.2) is 12.1 Å². The smallest absolute Gasteiger partial charge is 0.0629 e. The highest BCUT2D eigenvalue weighted by Crippen LogP contribution is 2.49. The highest BCUT2D eigenvalue weighted by Gasteiger charge is 2.38. The number of allylic oxidation sites excluding steroid dienone is 4. The molecule has 4 atom stereocenters. The average molecular weight is 489 g/mol. The van der Waals surface area contributed by atoms with Crippen molar-refractivity contribution in [2.24, 2.45) is 0 Å². The van der Waals surface area contributed by atoms with Crippen molar-refractivity contribution in [2.45, 2.75) is 23.9 Å². The first-order chi connectivity index (χ1) is 18.9. The normalized spacial score (nSPS) is 23.8. The molecule has 0 saturated carbocycles. The molecule has 0 N–H and O–H groups in total. The average Bonchev–Trinajstić information content (AvgIpc) is 3.51. The van der Waals surface area contributed by atoms with E-state index >= 15 is 0 Å². The van der Waals surface area contributed by atoms with Crippen LogP contribution in [0, 0.1) is 0 Å². The molecule has 2 aliphatic heterocycles. The van der Waals surface area contributed by atoms with Crippen LogP contribution in [0.25, 0.3) is 11.1 Å². The summed E-state index contributed by atoms with van der Waals surface area (Å²) in [7, 11) is 0. The van der Waals surface area contributed by atoms with Crippen LogP contribution in [0.4, 0.5) is 22.7 Å². The Morgan fingerprint density at radius 3 is 1.37 bits per heavy atom. The van der Waals surface area contributed by atoms with Gasteiger partial charge in [0.1, 0.15) is 0 Å². The predicted octanol–water partition coefficient (Wildman–Crippen LogP) is 8.81. The van der Waals surface area contributed by atoms with Crippen molar-refractivity contribution in [3.63, 3.8) is 0 Å². The topological polar surface area (TPSA) is 6.48 Å². The summed E-state index contributed by atoms with van der Waals surface area (Å²) in [5.41, 5.74) is 10.4. The highest BCUT2D eigenvalue weighted by atomic mass is 15.2. The van der Waals surface area contributed by atoms with Gasteiger partial charge in [-0.2, -0.15) is 0 Å². The Balaban J connectivity index is 1.19. The molecule has 8 rings (SSSR count). The number of nitrogens with zero attached hydrogens (tertiary/aromatic N) is 2. The fourth-order valence-corrected chi connectivity index (χ4v) is 6.85. The van der Waals surface area contributed by atoms with Gasteiger partial charge in [-0.25, -0.2) is 0 Å². The summed E-state index contributed by atoms with van der Waals surface area (Å²) in [6.07, 6.45) is 18.1. The third-order valence-electron chi connectivity index (χ3n) is 8.50. The minimum Gasteiger partial charge on any atom is -0.333 e. The third kappa shape index (κ3) is 3.20. The van der Waals surface area contributed by atoms with Crippen LogP contribution in [0.1, 0.15) is 23.0 Å². The Bertz CT molecular complexity index is 1550. The van der Waals surface area contributed by atoms with Crippen LogP contribution in [0.5, 0.6) is 0 Å². The second-order valence-electron chi connectivity index (χ2n) is 10.5. The van der Waals surface area contributed by atoms with Gasteiger partial charge in [0, 0.05) is 34.6 Å². The van der Waals surface area contributed by atoms with Crippen LogP contribution in [0.15, 0.2) is 146 Å². The second kappa shape index (κ2) is 8.49. The number of benzene rings is 4. The molecular formula is C36H28N2. The monoisotopic (exact) mass is 488 g/mol. The Hall–Kier alpha value is -4.56. The van der Waals surface area contributed by atoms with Crippen LogP contribution >= 0.6 is 0 Å². The largest absolute Gasteiger partial charge is 0.333 e. The maximum Gasteiger partial charge on any atom is 0.0629 e. The van der Waals surface area contributed by atoms with Gasteiger partial charge in [-0.1, -0.05) is 109 Å². The van der Waals surface area contributed by atoms with Gasteiger partial charge in [0.15, 0.2) is 0 Å². The van der Waals surface area contributed by atoms with Gasteiger partial charge in [0.05, 0.1) is 12.1 Å². The predicted molar refractivity (Wildman–Crippen MR) is 159 cm³/mol. The number of hydrogen-bond donors (Lipinski definition) is 0. The Labute approximate surface area is 224 Å². The van der Waals surface area contributed by atoms with Gasteiger partial charge in [-0.3, -0.25) is 0 Å². The highest BCUT2D eigenvalue weighted by molar-refractivity contribution is 5.81. The van der Waals surface area contributed by atoms with Crippen molar-refractivity contribution in [1.29, 1.82) is 0 Å². The van der Waals surface area contributed by atoms with Crippen molar-refractivity contribution in [1.82, 2.24) is 0 Å². The summed E-state index contributed by atoms with van der Waals surface area (Å²) in [6, 6.07) is 36.4. The van der Waals surface area contributed by atoms with E-state index in [1.54, 1.807) is 0 Å². The quantitative estimate of drug-likeness (QED) is 0.284. The SMILES string of the molecule is C1=CC2c3ccccc3N(c3cccc(-c4cccc(N5c6ccccc6C6C=CC=CC65)c4)c3)C2C=C1. The van der Waals surface area contributed by atoms with Crippen molar-refractivity contribution < 1.29 is 0 Å². The number of rotatable bonds is 3. The molecule has 0 spiro atoms. The zero-order chi connectivity index (χ0) is 25.1. The van der Waals surface area contributed by atoms with E-state index in [2.05, 4.69) is 155 Å². The minimum absolute atomic E-state index is 0.308. The van der Waals surface area contributed by atoms with E-state index in [0.717, 1.165) is 0 Å². The van der Waals surface area contributed by atoms with Crippen LogP contribution < -0.4 is 9.80 Å². The number of fused-ring (bicyclic) bond motifs is 6. The molecule has 0 bridgehead atoms. The molecule has 38 heavy (non-hydrogen) atoms. The summed E-state index contributed by atoms with van der Waals surface area (Å²) in [4.78, 5) is 5.02. The molecule has 2 aliphatic carbocycles. The van der Waals surface area contributed by atoms with E-state index < -0.39 is 0 Å². The van der Waals surface area contributed by atoms with E-state index in [-0.39, 0.29) is 0 Å². The van der Waals surface area contributed by atoms with E-state index in [1.165, 1.54) is 45.0 Å². The van der Waals surface area contributed by atoms with E-state index in [0.29, 0.717) is 23.9 Å². The number of anilines is 4. The Kier molecular flexibility index (Phi) is 4.81. The molecule has 0 radical (unpaired) electrons. The lowest BCUT2D eigenvalue weighted by Gasteiger charge is -2.30. The zero-order valence-electron chi connectivity index (χ0n) is 21.1. The summed E-state index contributed by atoms with van der Waals surface area (Å²) >= 11 is 0. The lowest BCUT2D eigenvalue weighted by molar-refractivity contribution is 0.744. The maximum atomic E-state index is 2.51. The van der Waals surface area contributed by atoms with Gasteiger partial charge in [0.25, 0.3) is 0 Å².